The van der Waals surface area contributed by atoms with Crippen LogP contribution in [0, 0.1) is 0 Å². The Morgan fingerprint density at radius 1 is 1.47 bits per heavy atom. The first-order chi connectivity index (χ1) is 7.33. The van der Waals surface area contributed by atoms with Crippen molar-refractivity contribution in [1.29, 1.82) is 0 Å². The molecule has 0 amide bonds. The lowest BCUT2D eigenvalue weighted by Crippen LogP contribution is -2.38. The number of ether oxygens (including phenoxy) is 1. The molecule has 1 N–H and O–H groups in total. The summed E-state index contributed by atoms with van der Waals surface area (Å²) in [5.74, 6) is 0.910. The molecule has 3 nitrogen and oxygen atoms in total. The molecule has 15 heavy (non-hydrogen) atoms. The standard InChI is InChI=1S/C11H14N2OS/c1-12-11(15)13-7-4-8-14-10-6-3-2-5-9(10)13/h2-3,5-6H,4,7-8H2,1H3,(H,12,15). The number of fused-ring (bicyclic) bond motifs is 1. The summed E-state index contributed by atoms with van der Waals surface area (Å²) in [5.41, 5.74) is 1.05. The van der Waals surface area contributed by atoms with E-state index in [9.17, 15) is 0 Å². The molecule has 4 heteroatoms. The van der Waals surface area contributed by atoms with E-state index in [-0.39, 0.29) is 0 Å². The zero-order valence-corrected chi connectivity index (χ0v) is 9.51. The van der Waals surface area contributed by atoms with E-state index in [1.165, 1.54) is 0 Å². The molecule has 1 aromatic rings. The molecule has 0 aliphatic carbocycles. The number of nitrogens with zero attached hydrogens (tertiary/aromatic N) is 1. The van der Waals surface area contributed by atoms with Crippen molar-refractivity contribution in [2.45, 2.75) is 6.42 Å². The van der Waals surface area contributed by atoms with E-state index < -0.39 is 0 Å². The molecule has 0 saturated heterocycles. The maximum absolute atomic E-state index is 5.64. The van der Waals surface area contributed by atoms with Crippen LogP contribution in [0.15, 0.2) is 24.3 Å². The first-order valence-electron chi connectivity index (χ1n) is 5.04. The van der Waals surface area contributed by atoms with Crippen LogP contribution in [0.2, 0.25) is 0 Å². The largest absolute Gasteiger partial charge is 0.491 e. The molecule has 0 aromatic heterocycles. The lowest BCUT2D eigenvalue weighted by molar-refractivity contribution is 0.322. The van der Waals surface area contributed by atoms with Crippen molar-refractivity contribution < 1.29 is 4.74 Å². The summed E-state index contributed by atoms with van der Waals surface area (Å²) in [6, 6.07) is 7.99. The number of para-hydroxylation sites is 2. The zero-order valence-electron chi connectivity index (χ0n) is 8.69. The van der Waals surface area contributed by atoms with Crippen LogP contribution in [-0.2, 0) is 0 Å². The molecule has 1 aromatic carbocycles. The number of benzene rings is 1. The van der Waals surface area contributed by atoms with Crippen LogP contribution in [0.25, 0.3) is 0 Å². The van der Waals surface area contributed by atoms with Crippen molar-refractivity contribution in [3.8, 4) is 5.75 Å². The molecule has 0 radical (unpaired) electrons. The predicted octanol–water partition coefficient (Wildman–Crippen LogP) is 1.78. The third-order valence-electron chi connectivity index (χ3n) is 2.40. The van der Waals surface area contributed by atoms with Gasteiger partial charge in [-0.3, -0.25) is 0 Å². The topological polar surface area (TPSA) is 24.5 Å². The lowest BCUT2D eigenvalue weighted by Gasteiger charge is -2.23. The Balaban J connectivity index is 2.37. The molecule has 0 bridgehead atoms. The maximum atomic E-state index is 5.64. The van der Waals surface area contributed by atoms with E-state index in [0.29, 0.717) is 0 Å². The lowest BCUT2D eigenvalue weighted by atomic mass is 10.2. The highest BCUT2D eigenvalue weighted by Crippen LogP contribution is 2.30. The quantitative estimate of drug-likeness (QED) is 0.676. The third kappa shape index (κ3) is 2.04. The fourth-order valence-corrected chi connectivity index (χ4v) is 1.86. The number of anilines is 1. The number of thiocarbonyl (C=S) groups is 1. The summed E-state index contributed by atoms with van der Waals surface area (Å²) in [7, 11) is 1.84. The molecule has 80 valence electrons. The second-order valence-corrected chi connectivity index (χ2v) is 3.76. The first kappa shape index (κ1) is 10.2. The monoisotopic (exact) mass is 222 g/mol. The van der Waals surface area contributed by atoms with Gasteiger partial charge in [-0.15, -0.1) is 0 Å². The van der Waals surface area contributed by atoms with Crippen molar-refractivity contribution in [3.05, 3.63) is 24.3 Å². The summed E-state index contributed by atoms with van der Waals surface area (Å²) in [4.78, 5) is 2.08. The number of nitrogens with one attached hydrogen (secondary N) is 1. The Labute approximate surface area is 95.0 Å². The van der Waals surface area contributed by atoms with E-state index in [1.54, 1.807) is 0 Å². The van der Waals surface area contributed by atoms with Crippen LogP contribution in [0.4, 0.5) is 5.69 Å². The van der Waals surface area contributed by atoms with Crippen molar-refractivity contribution in [1.82, 2.24) is 5.32 Å². The third-order valence-corrected chi connectivity index (χ3v) is 2.82. The minimum absolute atomic E-state index is 0.743. The summed E-state index contributed by atoms with van der Waals surface area (Å²) in [5, 5.41) is 3.75. The maximum Gasteiger partial charge on any atom is 0.173 e. The molecular formula is C11H14N2OS. The number of hydrogen-bond acceptors (Lipinski definition) is 2. The van der Waals surface area contributed by atoms with Crippen molar-refractivity contribution >= 4 is 23.0 Å². The van der Waals surface area contributed by atoms with Crippen molar-refractivity contribution in [3.63, 3.8) is 0 Å². The van der Waals surface area contributed by atoms with Gasteiger partial charge in [0, 0.05) is 13.6 Å². The van der Waals surface area contributed by atoms with Crippen molar-refractivity contribution in [2.75, 3.05) is 25.1 Å². The minimum atomic E-state index is 0.743. The first-order valence-corrected chi connectivity index (χ1v) is 5.45. The smallest absolute Gasteiger partial charge is 0.173 e. The van der Waals surface area contributed by atoms with Gasteiger partial charge in [0.05, 0.1) is 12.3 Å². The molecule has 0 atom stereocenters. The molecule has 0 unspecified atom stereocenters. The van der Waals surface area contributed by atoms with Crippen LogP contribution in [0.1, 0.15) is 6.42 Å². The molecule has 1 aliphatic heterocycles. The Kier molecular flexibility index (Phi) is 3.06. The summed E-state index contributed by atoms with van der Waals surface area (Å²) in [6.45, 7) is 1.65. The minimum Gasteiger partial charge on any atom is -0.491 e. The van der Waals surface area contributed by atoms with Gasteiger partial charge in [-0.2, -0.15) is 0 Å². The Morgan fingerprint density at radius 2 is 2.27 bits per heavy atom. The van der Waals surface area contributed by atoms with Crippen LogP contribution in [0.5, 0.6) is 5.75 Å². The average molecular weight is 222 g/mol. The van der Waals surface area contributed by atoms with Gasteiger partial charge in [-0.25, -0.2) is 0 Å². The highest BCUT2D eigenvalue weighted by atomic mass is 32.1. The fraction of sp³-hybridized carbons (Fsp3) is 0.364. The molecule has 0 spiro atoms. The number of rotatable bonds is 0. The van der Waals surface area contributed by atoms with Gasteiger partial charge in [-0.1, -0.05) is 12.1 Å². The normalized spacial score (nSPS) is 14.9. The summed E-state index contributed by atoms with van der Waals surface area (Å²) in [6.07, 6.45) is 0.983. The Hall–Kier alpha value is -1.29. The van der Waals surface area contributed by atoms with E-state index in [1.807, 2.05) is 31.3 Å². The summed E-state index contributed by atoms with van der Waals surface area (Å²) >= 11 is 5.27. The van der Waals surface area contributed by atoms with Gasteiger partial charge in [0.1, 0.15) is 5.75 Å². The van der Waals surface area contributed by atoms with Crippen LogP contribution >= 0.6 is 12.2 Å². The molecule has 0 saturated carbocycles. The van der Waals surface area contributed by atoms with E-state index in [4.69, 9.17) is 17.0 Å². The van der Waals surface area contributed by atoms with Gasteiger partial charge in [0.15, 0.2) is 5.11 Å². The molecule has 2 rings (SSSR count). The van der Waals surface area contributed by atoms with Gasteiger partial charge in [0.2, 0.25) is 0 Å². The van der Waals surface area contributed by atoms with E-state index in [0.717, 1.165) is 36.1 Å². The Morgan fingerprint density at radius 3 is 3.07 bits per heavy atom. The second-order valence-electron chi connectivity index (χ2n) is 3.38. The average Bonchev–Trinajstić information content (AvgIpc) is 2.50. The van der Waals surface area contributed by atoms with Crippen LogP contribution in [0.3, 0.4) is 0 Å². The van der Waals surface area contributed by atoms with Gasteiger partial charge >= 0.3 is 0 Å². The van der Waals surface area contributed by atoms with Crippen LogP contribution in [-0.4, -0.2) is 25.3 Å². The van der Waals surface area contributed by atoms with Gasteiger partial charge in [0.25, 0.3) is 0 Å². The zero-order chi connectivity index (χ0) is 10.7. The summed E-state index contributed by atoms with van der Waals surface area (Å²) < 4.78 is 5.64. The Bertz CT molecular complexity index is 367. The number of hydrogen-bond donors (Lipinski definition) is 1. The van der Waals surface area contributed by atoms with Gasteiger partial charge < -0.3 is 15.0 Å². The molecular weight excluding hydrogens is 208 g/mol. The SMILES string of the molecule is CNC(=S)N1CCCOc2ccccc21. The van der Waals surface area contributed by atoms with E-state index >= 15 is 0 Å². The van der Waals surface area contributed by atoms with Gasteiger partial charge in [-0.05, 0) is 30.8 Å². The van der Waals surface area contributed by atoms with Crippen LogP contribution < -0.4 is 15.0 Å². The fourth-order valence-electron chi connectivity index (χ4n) is 1.67. The van der Waals surface area contributed by atoms with Crippen molar-refractivity contribution in [2.24, 2.45) is 0 Å². The predicted molar refractivity (Wildman–Crippen MR) is 65.6 cm³/mol. The molecule has 1 heterocycles. The molecule has 0 fully saturated rings. The van der Waals surface area contributed by atoms with E-state index in [2.05, 4.69) is 10.2 Å². The highest BCUT2D eigenvalue weighted by molar-refractivity contribution is 7.80. The second kappa shape index (κ2) is 4.49. The molecule has 1 aliphatic rings. The highest BCUT2D eigenvalue weighted by Gasteiger charge is 2.18.